The van der Waals surface area contributed by atoms with E-state index in [0.717, 1.165) is 16.2 Å². The van der Waals surface area contributed by atoms with Crippen LogP contribution < -0.4 is 9.80 Å². The molecule has 9 heteroatoms. The predicted molar refractivity (Wildman–Crippen MR) is 104 cm³/mol. The quantitative estimate of drug-likeness (QED) is 0.460. The molecule has 0 saturated heterocycles. The van der Waals surface area contributed by atoms with Crippen LogP contribution in [0.3, 0.4) is 0 Å². The van der Waals surface area contributed by atoms with Crippen LogP contribution in [0.25, 0.3) is 11.3 Å². The molecule has 28 heavy (non-hydrogen) atoms. The van der Waals surface area contributed by atoms with Crippen molar-refractivity contribution in [3.05, 3.63) is 59.4 Å². The van der Waals surface area contributed by atoms with Crippen molar-refractivity contribution in [1.82, 2.24) is 14.8 Å². The zero-order chi connectivity index (χ0) is 20.1. The summed E-state index contributed by atoms with van der Waals surface area (Å²) in [4.78, 5) is 21.1. The molecule has 0 saturated carbocycles. The molecule has 146 valence electrons. The molecule has 2 heterocycles. The maximum absolute atomic E-state index is 11.9. The number of ether oxygens (including phenoxy) is 2. The van der Waals surface area contributed by atoms with Crippen molar-refractivity contribution >= 4 is 23.4 Å². The van der Waals surface area contributed by atoms with Gasteiger partial charge in [0.15, 0.2) is 0 Å². The maximum Gasteiger partial charge on any atom is 0.438 e. The number of hydrogen-bond donors (Lipinski definition) is 0. The number of carbonyl (C=O) groups excluding carboxylic acids is 1. The van der Waals surface area contributed by atoms with Crippen LogP contribution in [0.2, 0.25) is 5.15 Å². The first-order valence-corrected chi connectivity index (χ1v) is 8.70. The first-order valence-electron chi connectivity index (χ1n) is 8.32. The SMILES string of the molecule is COC(=O)N(OC)c1ccccc1COc1cc(-c2ccc(Cl)nc2)nn1C. The van der Waals surface area contributed by atoms with Gasteiger partial charge in [0.25, 0.3) is 0 Å². The summed E-state index contributed by atoms with van der Waals surface area (Å²) in [5.41, 5.74) is 2.81. The lowest BCUT2D eigenvalue weighted by atomic mass is 10.2. The number of hydrogen-bond acceptors (Lipinski definition) is 6. The van der Waals surface area contributed by atoms with Crippen molar-refractivity contribution in [2.75, 3.05) is 19.3 Å². The Morgan fingerprint density at radius 2 is 2.00 bits per heavy atom. The molecular weight excluding hydrogens is 384 g/mol. The Kier molecular flexibility index (Phi) is 6.13. The van der Waals surface area contributed by atoms with E-state index in [-0.39, 0.29) is 6.61 Å². The van der Waals surface area contributed by atoms with E-state index in [1.54, 1.807) is 36.1 Å². The van der Waals surface area contributed by atoms with Gasteiger partial charge in [0, 0.05) is 30.4 Å². The fraction of sp³-hybridized carbons (Fsp3) is 0.211. The number of carbonyl (C=O) groups is 1. The zero-order valence-electron chi connectivity index (χ0n) is 15.6. The van der Waals surface area contributed by atoms with Crippen LogP contribution in [0.15, 0.2) is 48.7 Å². The summed E-state index contributed by atoms with van der Waals surface area (Å²) >= 11 is 5.83. The number of anilines is 1. The van der Waals surface area contributed by atoms with E-state index in [2.05, 4.69) is 10.1 Å². The third kappa shape index (κ3) is 4.24. The van der Waals surface area contributed by atoms with E-state index in [0.29, 0.717) is 22.4 Å². The lowest BCUT2D eigenvalue weighted by Crippen LogP contribution is -2.30. The zero-order valence-corrected chi connectivity index (χ0v) is 16.4. The van der Waals surface area contributed by atoms with E-state index in [1.165, 1.54) is 14.2 Å². The number of aryl methyl sites for hydroxylation is 1. The Balaban J connectivity index is 1.80. The number of pyridine rings is 1. The van der Waals surface area contributed by atoms with E-state index < -0.39 is 6.09 Å². The summed E-state index contributed by atoms with van der Waals surface area (Å²) in [6, 6.07) is 12.6. The average Bonchev–Trinajstić information content (AvgIpc) is 3.08. The van der Waals surface area contributed by atoms with Crippen LogP contribution in [0, 0.1) is 0 Å². The highest BCUT2D eigenvalue weighted by molar-refractivity contribution is 6.29. The average molecular weight is 403 g/mol. The highest BCUT2D eigenvalue weighted by atomic mass is 35.5. The van der Waals surface area contributed by atoms with E-state index >= 15 is 0 Å². The minimum atomic E-state index is -0.631. The number of hydroxylamine groups is 1. The normalized spacial score (nSPS) is 10.6. The number of rotatable bonds is 6. The van der Waals surface area contributed by atoms with Gasteiger partial charge in [-0.05, 0) is 18.2 Å². The Labute approximate surface area is 167 Å². The second kappa shape index (κ2) is 8.73. The summed E-state index contributed by atoms with van der Waals surface area (Å²) in [7, 11) is 4.46. The second-order valence-corrected chi connectivity index (χ2v) is 6.11. The smallest absolute Gasteiger partial charge is 0.438 e. The highest BCUT2D eigenvalue weighted by Gasteiger charge is 2.20. The lowest BCUT2D eigenvalue weighted by Gasteiger charge is -2.21. The van der Waals surface area contributed by atoms with E-state index in [4.69, 9.17) is 25.9 Å². The van der Waals surface area contributed by atoms with Gasteiger partial charge < -0.3 is 9.47 Å². The third-order valence-corrected chi connectivity index (χ3v) is 4.19. The first-order chi connectivity index (χ1) is 13.5. The molecule has 0 radical (unpaired) electrons. The predicted octanol–water partition coefficient (Wildman–Crippen LogP) is 3.85. The largest absolute Gasteiger partial charge is 0.473 e. The van der Waals surface area contributed by atoms with Gasteiger partial charge in [-0.15, -0.1) is 0 Å². The minimum absolute atomic E-state index is 0.199. The molecule has 0 N–H and O–H groups in total. The molecule has 2 aromatic heterocycles. The molecule has 0 aliphatic rings. The van der Waals surface area contributed by atoms with Crippen molar-refractivity contribution in [2.24, 2.45) is 7.05 Å². The molecule has 3 aromatic rings. The van der Waals surface area contributed by atoms with Gasteiger partial charge in [-0.25, -0.2) is 14.5 Å². The van der Waals surface area contributed by atoms with Crippen LogP contribution >= 0.6 is 11.6 Å². The molecule has 0 spiro atoms. The number of para-hydroxylation sites is 1. The highest BCUT2D eigenvalue weighted by Crippen LogP contribution is 2.26. The van der Waals surface area contributed by atoms with Gasteiger partial charge in [-0.2, -0.15) is 10.2 Å². The lowest BCUT2D eigenvalue weighted by molar-refractivity contribution is 0.115. The van der Waals surface area contributed by atoms with Gasteiger partial charge in [-0.3, -0.25) is 4.84 Å². The summed E-state index contributed by atoms with van der Waals surface area (Å²) in [5.74, 6) is 0.557. The molecule has 3 rings (SSSR count). The molecule has 1 aromatic carbocycles. The molecule has 0 bridgehead atoms. The van der Waals surface area contributed by atoms with E-state index in [9.17, 15) is 4.79 Å². The van der Waals surface area contributed by atoms with Crippen molar-refractivity contribution < 1.29 is 19.1 Å². The molecule has 1 amide bonds. The van der Waals surface area contributed by atoms with Gasteiger partial charge >= 0.3 is 6.09 Å². The minimum Gasteiger partial charge on any atom is -0.473 e. The summed E-state index contributed by atoms with van der Waals surface area (Å²) < 4.78 is 12.3. The van der Waals surface area contributed by atoms with Crippen LogP contribution in [-0.2, 0) is 23.2 Å². The van der Waals surface area contributed by atoms with Crippen LogP contribution in [0.1, 0.15) is 5.56 Å². The molecule has 0 atom stereocenters. The third-order valence-electron chi connectivity index (χ3n) is 3.97. The number of benzene rings is 1. The van der Waals surface area contributed by atoms with Crippen molar-refractivity contribution in [3.63, 3.8) is 0 Å². The topological polar surface area (TPSA) is 78.7 Å². The molecule has 8 nitrogen and oxygen atoms in total. The Morgan fingerprint density at radius 1 is 1.21 bits per heavy atom. The number of amides is 1. The number of aromatic nitrogens is 3. The number of halogens is 1. The monoisotopic (exact) mass is 402 g/mol. The van der Waals surface area contributed by atoms with Gasteiger partial charge in [0.1, 0.15) is 11.8 Å². The Morgan fingerprint density at radius 3 is 2.68 bits per heavy atom. The van der Waals surface area contributed by atoms with Gasteiger partial charge in [-0.1, -0.05) is 29.8 Å². The van der Waals surface area contributed by atoms with Crippen molar-refractivity contribution in [3.8, 4) is 17.1 Å². The summed E-state index contributed by atoms with van der Waals surface area (Å²) in [5, 5.41) is 5.92. The van der Waals surface area contributed by atoms with Crippen molar-refractivity contribution in [1.29, 1.82) is 0 Å². The second-order valence-electron chi connectivity index (χ2n) is 5.73. The molecular formula is C19H19ClN4O4. The number of nitrogens with zero attached hydrogens (tertiary/aromatic N) is 4. The van der Waals surface area contributed by atoms with Gasteiger partial charge in [0.2, 0.25) is 5.88 Å². The summed E-state index contributed by atoms with van der Waals surface area (Å²) in [6.07, 6.45) is 1.02. The summed E-state index contributed by atoms with van der Waals surface area (Å²) in [6.45, 7) is 0.199. The van der Waals surface area contributed by atoms with Crippen molar-refractivity contribution in [2.45, 2.75) is 6.61 Å². The standard InChI is InChI=1S/C19H19ClN4O4/c1-23-18(10-15(22-23)13-8-9-17(20)21-11-13)28-12-14-6-4-5-7-16(14)24(27-3)19(25)26-2/h4-11H,12H2,1-3H3. The maximum atomic E-state index is 11.9. The molecule has 0 fully saturated rings. The van der Waals surface area contributed by atoms with Crippen LogP contribution in [-0.4, -0.2) is 35.1 Å². The fourth-order valence-electron chi connectivity index (χ4n) is 2.59. The molecule has 0 unspecified atom stereocenters. The Hall–Kier alpha value is -3.10. The van der Waals surface area contributed by atoms with Gasteiger partial charge in [0.05, 0.1) is 25.6 Å². The first kappa shape index (κ1) is 19.7. The fourth-order valence-corrected chi connectivity index (χ4v) is 2.70. The molecule has 0 aliphatic heterocycles. The van der Waals surface area contributed by atoms with Crippen LogP contribution in [0.5, 0.6) is 5.88 Å². The van der Waals surface area contributed by atoms with Crippen LogP contribution in [0.4, 0.5) is 10.5 Å². The number of methoxy groups -OCH3 is 1. The van der Waals surface area contributed by atoms with E-state index in [1.807, 2.05) is 24.3 Å². The Bertz CT molecular complexity index is 959. The molecule has 0 aliphatic carbocycles.